The lowest BCUT2D eigenvalue weighted by atomic mass is 9.76. The fourth-order valence-corrected chi connectivity index (χ4v) is 2.37. The Labute approximate surface area is 95.9 Å². The predicted octanol–water partition coefficient (Wildman–Crippen LogP) is 3.29. The summed E-state index contributed by atoms with van der Waals surface area (Å²) in [5.41, 5.74) is 6.53. The van der Waals surface area contributed by atoms with Crippen LogP contribution in [0.1, 0.15) is 72.6 Å². The van der Waals surface area contributed by atoms with Crippen LogP contribution in [-0.2, 0) is 0 Å². The molecule has 0 rings (SSSR count). The second-order valence-corrected chi connectivity index (χ2v) is 4.54. The molecule has 0 amide bonds. The van der Waals surface area contributed by atoms with Crippen molar-refractivity contribution in [2.75, 3.05) is 0 Å². The van der Waals surface area contributed by atoms with Gasteiger partial charge in [-0.15, -0.1) is 0 Å². The van der Waals surface area contributed by atoms with Crippen molar-refractivity contribution in [3.8, 4) is 0 Å². The molecule has 0 aliphatic rings. The van der Waals surface area contributed by atoms with Gasteiger partial charge in [-0.3, -0.25) is 0 Å². The molecule has 1 atom stereocenters. The third-order valence-electron chi connectivity index (χ3n) is 3.78. The molecule has 4 N–H and O–H groups in total. The molecule has 0 spiro atoms. The molecule has 0 saturated carbocycles. The molecule has 0 aliphatic heterocycles. The third kappa shape index (κ3) is 5.53. The lowest BCUT2D eigenvalue weighted by Crippen LogP contribution is -2.45. The summed E-state index contributed by atoms with van der Waals surface area (Å²) in [6, 6.07) is 0. The zero-order valence-electron chi connectivity index (χ0n) is 11.1. The fourth-order valence-electron chi connectivity index (χ4n) is 2.37. The molecule has 2 nitrogen and oxygen atoms in total. The van der Waals surface area contributed by atoms with E-state index in [-0.39, 0.29) is 11.0 Å². The lowest BCUT2D eigenvalue weighted by molar-refractivity contribution is 0.225. The Bertz CT molecular complexity index is 132. The average molecular weight is 217 g/mol. The van der Waals surface area contributed by atoms with Crippen molar-refractivity contribution in [2.24, 2.45) is 11.7 Å². The first-order chi connectivity index (χ1) is 6.64. The molecule has 0 bridgehead atoms. The van der Waals surface area contributed by atoms with E-state index >= 15 is 0 Å². The van der Waals surface area contributed by atoms with Gasteiger partial charge in [-0.2, -0.15) is 0 Å². The number of unbranched alkanes of at least 4 members (excludes halogenated alkanes) is 2. The van der Waals surface area contributed by atoms with E-state index in [0.717, 1.165) is 18.8 Å². The maximum Gasteiger partial charge on any atom is 0.0177 e. The highest BCUT2D eigenvalue weighted by Crippen LogP contribution is 2.29. The maximum atomic E-state index is 6.43. The first-order valence-corrected chi connectivity index (χ1v) is 6.43. The highest BCUT2D eigenvalue weighted by Gasteiger charge is 2.29. The molecule has 0 heterocycles. The van der Waals surface area contributed by atoms with E-state index in [4.69, 9.17) is 5.73 Å². The van der Waals surface area contributed by atoms with Gasteiger partial charge in [0.05, 0.1) is 0 Å². The number of rotatable bonds is 8. The van der Waals surface area contributed by atoms with Gasteiger partial charge in [0, 0.05) is 5.54 Å². The highest BCUT2D eigenvalue weighted by atomic mass is 16.0. The topological polar surface area (TPSA) is 57.5 Å². The van der Waals surface area contributed by atoms with Crippen LogP contribution in [0.2, 0.25) is 0 Å². The Morgan fingerprint density at radius 3 is 1.87 bits per heavy atom. The van der Waals surface area contributed by atoms with Gasteiger partial charge >= 0.3 is 0 Å². The molecular weight excluding hydrogens is 186 g/mol. The Morgan fingerprint density at radius 1 is 1.00 bits per heavy atom. The molecule has 0 aliphatic carbocycles. The Balaban J connectivity index is 0. The van der Waals surface area contributed by atoms with Crippen LogP contribution in [0.25, 0.3) is 0 Å². The number of hydrogen-bond acceptors (Lipinski definition) is 1. The zero-order chi connectivity index (χ0) is 11.0. The Morgan fingerprint density at radius 2 is 1.53 bits per heavy atom. The van der Waals surface area contributed by atoms with E-state index in [2.05, 4.69) is 27.7 Å². The van der Waals surface area contributed by atoms with Crippen molar-refractivity contribution >= 4 is 0 Å². The van der Waals surface area contributed by atoms with E-state index in [1.807, 2.05) is 0 Å². The molecule has 1 unspecified atom stereocenters. The van der Waals surface area contributed by atoms with Crippen LogP contribution in [0, 0.1) is 5.92 Å². The minimum atomic E-state index is 0. The summed E-state index contributed by atoms with van der Waals surface area (Å²) in [7, 11) is 0. The summed E-state index contributed by atoms with van der Waals surface area (Å²) >= 11 is 0. The molecule has 0 radical (unpaired) electrons. The van der Waals surface area contributed by atoms with E-state index in [1.54, 1.807) is 0 Å². The monoisotopic (exact) mass is 217 g/mol. The van der Waals surface area contributed by atoms with Crippen molar-refractivity contribution < 1.29 is 5.48 Å². The van der Waals surface area contributed by atoms with Crippen molar-refractivity contribution in [1.29, 1.82) is 0 Å². The fraction of sp³-hybridized carbons (Fsp3) is 1.00. The summed E-state index contributed by atoms with van der Waals surface area (Å²) < 4.78 is 0. The van der Waals surface area contributed by atoms with Crippen LogP contribution < -0.4 is 5.73 Å². The van der Waals surface area contributed by atoms with Crippen molar-refractivity contribution in [1.82, 2.24) is 0 Å². The van der Waals surface area contributed by atoms with E-state index < -0.39 is 0 Å². The summed E-state index contributed by atoms with van der Waals surface area (Å²) in [4.78, 5) is 0. The quantitative estimate of drug-likeness (QED) is 0.623. The van der Waals surface area contributed by atoms with Crippen LogP contribution in [0.5, 0.6) is 0 Å². The largest absolute Gasteiger partial charge is 0.412 e. The van der Waals surface area contributed by atoms with Gasteiger partial charge < -0.3 is 11.2 Å². The summed E-state index contributed by atoms with van der Waals surface area (Å²) in [6.45, 7) is 9.00. The van der Waals surface area contributed by atoms with Crippen LogP contribution >= 0.6 is 0 Å². The highest BCUT2D eigenvalue weighted by molar-refractivity contribution is 4.88. The minimum Gasteiger partial charge on any atom is -0.412 e. The van der Waals surface area contributed by atoms with Gasteiger partial charge in [0.15, 0.2) is 0 Å². The summed E-state index contributed by atoms with van der Waals surface area (Å²) in [5.74, 6) is 0.726. The standard InChI is InChI=1S/C13H29N.H2O/c1-5-9-10-11-12(6-2)13(14,7-3)8-4;/h12H,5-11,14H2,1-4H3;1H2. The normalized spacial score (nSPS) is 13.4. The van der Waals surface area contributed by atoms with Gasteiger partial charge in [-0.1, -0.05) is 53.4 Å². The van der Waals surface area contributed by atoms with Crippen LogP contribution in [0.3, 0.4) is 0 Å². The first-order valence-electron chi connectivity index (χ1n) is 6.43. The van der Waals surface area contributed by atoms with Crippen LogP contribution in [0.4, 0.5) is 0 Å². The predicted molar refractivity (Wildman–Crippen MR) is 69.0 cm³/mol. The molecule has 2 heteroatoms. The smallest absolute Gasteiger partial charge is 0.0177 e. The molecule has 0 aromatic rings. The molecule has 0 aromatic carbocycles. The van der Waals surface area contributed by atoms with Crippen molar-refractivity contribution in [3.05, 3.63) is 0 Å². The lowest BCUT2D eigenvalue weighted by Gasteiger charge is -2.36. The van der Waals surface area contributed by atoms with Crippen LogP contribution in [0.15, 0.2) is 0 Å². The Kier molecular flexibility index (Phi) is 10.6. The third-order valence-corrected chi connectivity index (χ3v) is 3.78. The van der Waals surface area contributed by atoms with Gasteiger partial charge in [0.25, 0.3) is 0 Å². The Hall–Kier alpha value is -0.0800. The zero-order valence-corrected chi connectivity index (χ0v) is 11.1. The van der Waals surface area contributed by atoms with Gasteiger partial charge in [0.1, 0.15) is 0 Å². The second-order valence-electron chi connectivity index (χ2n) is 4.54. The van der Waals surface area contributed by atoms with Crippen molar-refractivity contribution in [2.45, 2.75) is 78.2 Å². The molecule has 0 fully saturated rings. The van der Waals surface area contributed by atoms with E-state index in [9.17, 15) is 0 Å². The molecule has 0 saturated heterocycles. The summed E-state index contributed by atoms with van der Waals surface area (Å²) in [6.07, 6.45) is 8.83. The van der Waals surface area contributed by atoms with Crippen LogP contribution in [-0.4, -0.2) is 11.0 Å². The van der Waals surface area contributed by atoms with E-state index in [1.165, 1.54) is 32.1 Å². The number of nitrogens with two attached hydrogens (primary N) is 1. The SMILES string of the molecule is CCCCCC(CC)C(N)(CC)CC.O. The second kappa shape index (κ2) is 9.17. The van der Waals surface area contributed by atoms with Gasteiger partial charge in [0.2, 0.25) is 0 Å². The van der Waals surface area contributed by atoms with Crippen molar-refractivity contribution in [3.63, 3.8) is 0 Å². The van der Waals surface area contributed by atoms with Gasteiger partial charge in [-0.25, -0.2) is 0 Å². The molecule has 0 aromatic heterocycles. The molecular formula is C13H31NO. The molecule has 94 valence electrons. The average Bonchev–Trinajstić information content (AvgIpc) is 2.23. The first kappa shape index (κ1) is 17.3. The molecule has 15 heavy (non-hydrogen) atoms. The number of hydrogen-bond donors (Lipinski definition) is 1. The minimum absolute atomic E-state index is 0. The van der Waals surface area contributed by atoms with Gasteiger partial charge in [-0.05, 0) is 25.2 Å². The maximum absolute atomic E-state index is 6.43. The summed E-state index contributed by atoms with van der Waals surface area (Å²) in [5, 5.41) is 0. The van der Waals surface area contributed by atoms with E-state index in [0.29, 0.717) is 0 Å².